The number of aliphatic carboxylic acids is 1. The number of aliphatic hydroxyl groups excluding tert-OH is 1. The molecule has 0 saturated carbocycles. The highest BCUT2D eigenvalue weighted by Crippen LogP contribution is 2.05. The summed E-state index contributed by atoms with van der Waals surface area (Å²) in [6.45, 7) is 1.17. The molecule has 1 rings (SSSR count). The molecule has 1 aliphatic rings. The van der Waals surface area contributed by atoms with E-state index in [0.717, 1.165) is 0 Å². The van der Waals surface area contributed by atoms with E-state index in [1.54, 1.807) is 4.90 Å². The van der Waals surface area contributed by atoms with E-state index in [-0.39, 0.29) is 13.0 Å². The Morgan fingerprint density at radius 1 is 1.75 bits per heavy atom. The van der Waals surface area contributed by atoms with Crippen LogP contribution in [0.5, 0.6) is 0 Å². The Kier molecular flexibility index (Phi) is 3.04. The highest BCUT2D eigenvalue weighted by Gasteiger charge is 2.24. The number of aliphatic hydroxyl groups is 1. The van der Waals surface area contributed by atoms with Gasteiger partial charge >= 0.3 is 5.97 Å². The van der Waals surface area contributed by atoms with Crippen LogP contribution in [0.25, 0.3) is 0 Å². The number of aliphatic imine (C=N–C) groups is 1. The first-order valence-electron chi connectivity index (χ1n) is 3.85. The minimum atomic E-state index is -0.905. The zero-order chi connectivity index (χ0) is 8.97. The fourth-order valence-corrected chi connectivity index (χ4v) is 1.18. The molecule has 0 aromatic carbocycles. The summed E-state index contributed by atoms with van der Waals surface area (Å²) in [7, 11) is 0. The molecule has 68 valence electrons. The molecule has 2 N–H and O–H groups in total. The first kappa shape index (κ1) is 8.99. The molecule has 0 spiro atoms. The van der Waals surface area contributed by atoms with Crippen molar-refractivity contribution in [2.24, 2.45) is 4.99 Å². The Labute approximate surface area is 70.3 Å². The van der Waals surface area contributed by atoms with Crippen LogP contribution in [0.4, 0.5) is 0 Å². The summed E-state index contributed by atoms with van der Waals surface area (Å²) in [6.07, 6.45) is 1.79. The number of carboxylic acids is 1. The predicted octanol–water partition coefficient (Wildman–Crippen LogP) is -0.834. The average Bonchev–Trinajstić information content (AvgIpc) is 2.51. The average molecular weight is 172 g/mol. The third kappa shape index (κ3) is 1.94. The molecule has 0 aromatic heterocycles. The van der Waals surface area contributed by atoms with Crippen molar-refractivity contribution in [3.8, 4) is 0 Å². The highest BCUT2D eigenvalue weighted by molar-refractivity contribution is 5.77. The third-order valence-electron chi connectivity index (χ3n) is 1.81. The Morgan fingerprint density at radius 3 is 2.92 bits per heavy atom. The Balaban J connectivity index is 2.52. The smallest absolute Gasteiger partial charge is 0.326 e. The van der Waals surface area contributed by atoms with Crippen LogP contribution < -0.4 is 0 Å². The second-order valence-electron chi connectivity index (χ2n) is 2.63. The van der Waals surface area contributed by atoms with Gasteiger partial charge in [0.05, 0.1) is 12.9 Å². The molecule has 0 aromatic rings. The van der Waals surface area contributed by atoms with Crippen LogP contribution in [0.3, 0.4) is 0 Å². The minimum absolute atomic E-state index is 0.110. The van der Waals surface area contributed by atoms with Gasteiger partial charge in [-0.15, -0.1) is 0 Å². The van der Waals surface area contributed by atoms with Gasteiger partial charge in [-0.1, -0.05) is 0 Å². The Morgan fingerprint density at radius 2 is 2.50 bits per heavy atom. The monoisotopic (exact) mass is 172 g/mol. The van der Waals surface area contributed by atoms with Crippen molar-refractivity contribution in [1.82, 2.24) is 4.90 Å². The molecule has 1 unspecified atom stereocenters. The molecule has 1 atom stereocenters. The van der Waals surface area contributed by atoms with Crippen LogP contribution >= 0.6 is 0 Å². The van der Waals surface area contributed by atoms with Crippen molar-refractivity contribution < 1.29 is 15.0 Å². The van der Waals surface area contributed by atoms with Gasteiger partial charge in [0.1, 0.15) is 6.04 Å². The van der Waals surface area contributed by atoms with Crippen molar-refractivity contribution >= 4 is 12.3 Å². The largest absolute Gasteiger partial charge is 0.480 e. The number of nitrogens with zero attached hydrogens (tertiary/aromatic N) is 2. The molecule has 0 bridgehead atoms. The first-order valence-corrected chi connectivity index (χ1v) is 3.85. The van der Waals surface area contributed by atoms with E-state index in [0.29, 0.717) is 13.1 Å². The van der Waals surface area contributed by atoms with E-state index in [9.17, 15) is 4.79 Å². The second kappa shape index (κ2) is 4.06. The highest BCUT2D eigenvalue weighted by atomic mass is 16.4. The zero-order valence-corrected chi connectivity index (χ0v) is 6.68. The lowest BCUT2D eigenvalue weighted by molar-refractivity contribution is -0.142. The summed E-state index contributed by atoms with van der Waals surface area (Å²) in [6, 6.07) is -0.624. The summed E-state index contributed by atoms with van der Waals surface area (Å²) in [5.41, 5.74) is 0. The molecular weight excluding hydrogens is 160 g/mol. The van der Waals surface area contributed by atoms with E-state index < -0.39 is 12.0 Å². The first-order chi connectivity index (χ1) is 5.75. The van der Waals surface area contributed by atoms with E-state index in [2.05, 4.69) is 4.99 Å². The fraction of sp³-hybridized carbons (Fsp3) is 0.714. The van der Waals surface area contributed by atoms with Crippen LogP contribution in [0.2, 0.25) is 0 Å². The molecule has 1 heterocycles. The molecule has 5 nitrogen and oxygen atoms in total. The van der Waals surface area contributed by atoms with Gasteiger partial charge in [0, 0.05) is 19.6 Å². The normalized spacial score (nSPS) is 18.2. The number of hydrogen-bond acceptors (Lipinski definition) is 4. The number of hydrogen-bond donors (Lipinski definition) is 2. The van der Waals surface area contributed by atoms with Crippen molar-refractivity contribution in [2.45, 2.75) is 12.5 Å². The SMILES string of the molecule is O=C(O)C(CCO)N1C=NCC1. The Bertz CT molecular complexity index is 193. The number of rotatable bonds is 4. The lowest BCUT2D eigenvalue weighted by Gasteiger charge is -2.21. The number of carbonyl (C=O) groups is 1. The minimum Gasteiger partial charge on any atom is -0.480 e. The van der Waals surface area contributed by atoms with Crippen molar-refractivity contribution in [3.05, 3.63) is 0 Å². The maximum Gasteiger partial charge on any atom is 0.326 e. The van der Waals surface area contributed by atoms with E-state index >= 15 is 0 Å². The van der Waals surface area contributed by atoms with E-state index in [4.69, 9.17) is 10.2 Å². The van der Waals surface area contributed by atoms with Gasteiger partial charge < -0.3 is 15.1 Å². The van der Waals surface area contributed by atoms with E-state index in [1.165, 1.54) is 6.34 Å². The van der Waals surface area contributed by atoms with Crippen molar-refractivity contribution in [1.29, 1.82) is 0 Å². The third-order valence-corrected chi connectivity index (χ3v) is 1.81. The Hall–Kier alpha value is -1.10. The molecule has 0 radical (unpaired) electrons. The lowest BCUT2D eigenvalue weighted by atomic mass is 10.2. The van der Waals surface area contributed by atoms with Gasteiger partial charge in [0.2, 0.25) is 0 Å². The van der Waals surface area contributed by atoms with Gasteiger partial charge in [-0.2, -0.15) is 0 Å². The second-order valence-corrected chi connectivity index (χ2v) is 2.63. The van der Waals surface area contributed by atoms with Gasteiger partial charge in [-0.25, -0.2) is 4.79 Å². The van der Waals surface area contributed by atoms with Gasteiger partial charge in [0.25, 0.3) is 0 Å². The van der Waals surface area contributed by atoms with Crippen LogP contribution in [-0.2, 0) is 4.79 Å². The van der Waals surface area contributed by atoms with Gasteiger partial charge in [-0.3, -0.25) is 4.99 Å². The zero-order valence-electron chi connectivity index (χ0n) is 6.68. The molecule has 0 saturated heterocycles. The summed E-state index contributed by atoms with van der Waals surface area (Å²) < 4.78 is 0. The molecule has 5 heteroatoms. The van der Waals surface area contributed by atoms with Crippen LogP contribution in [0, 0.1) is 0 Å². The topological polar surface area (TPSA) is 73.1 Å². The molecule has 0 fully saturated rings. The van der Waals surface area contributed by atoms with Gasteiger partial charge in [-0.05, 0) is 0 Å². The maximum atomic E-state index is 10.7. The standard InChI is InChI=1S/C7H12N2O3/c10-4-1-6(7(11)12)9-3-2-8-5-9/h5-6,10H,1-4H2,(H,11,12). The molecule has 1 aliphatic heterocycles. The summed E-state index contributed by atoms with van der Waals surface area (Å²) in [5, 5.41) is 17.4. The summed E-state index contributed by atoms with van der Waals surface area (Å²) >= 11 is 0. The van der Waals surface area contributed by atoms with Crippen molar-refractivity contribution in [2.75, 3.05) is 19.7 Å². The van der Waals surface area contributed by atoms with Crippen molar-refractivity contribution in [3.63, 3.8) is 0 Å². The maximum absolute atomic E-state index is 10.7. The molecule has 0 aliphatic carbocycles. The predicted molar refractivity (Wildman–Crippen MR) is 43.2 cm³/mol. The van der Waals surface area contributed by atoms with Crippen LogP contribution in [0.15, 0.2) is 4.99 Å². The summed E-state index contributed by atoms with van der Waals surface area (Å²) in [4.78, 5) is 16.2. The lowest BCUT2D eigenvalue weighted by Crippen LogP contribution is -2.39. The van der Waals surface area contributed by atoms with E-state index in [1.807, 2.05) is 0 Å². The number of carboxylic acid groups (broad SMARTS) is 1. The molecule has 12 heavy (non-hydrogen) atoms. The molecule has 0 amide bonds. The van der Waals surface area contributed by atoms with Crippen LogP contribution in [0.1, 0.15) is 6.42 Å². The van der Waals surface area contributed by atoms with Gasteiger partial charge in [0.15, 0.2) is 0 Å². The molecular formula is C7H12N2O3. The quantitative estimate of drug-likeness (QED) is 0.580. The fourth-order valence-electron chi connectivity index (χ4n) is 1.18. The summed E-state index contributed by atoms with van der Waals surface area (Å²) in [5.74, 6) is -0.905. The van der Waals surface area contributed by atoms with Crippen LogP contribution in [-0.4, -0.2) is 53.2 Å².